The molecule has 0 saturated carbocycles. The van der Waals surface area contributed by atoms with Crippen molar-refractivity contribution in [2.24, 2.45) is 5.73 Å². The quantitative estimate of drug-likeness (QED) is 0.490. The zero-order valence-corrected chi connectivity index (χ0v) is 14.9. The molecule has 0 unspecified atom stereocenters. The highest BCUT2D eigenvalue weighted by Crippen LogP contribution is 2.22. The molecule has 14 heteroatoms. The second kappa shape index (κ2) is 7.94. The first kappa shape index (κ1) is 19.0. The molecule has 0 aliphatic carbocycles. The molecule has 4 rings (SSSR count). The van der Waals surface area contributed by atoms with Gasteiger partial charge in [-0.3, -0.25) is 0 Å². The molecule has 0 aliphatic rings. The summed E-state index contributed by atoms with van der Waals surface area (Å²) in [5.41, 5.74) is 6.80. The molecular weight excluding hydrogens is 404 g/mol. The van der Waals surface area contributed by atoms with Gasteiger partial charge in [-0.1, -0.05) is 5.21 Å². The zero-order valence-electron chi connectivity index (χ0n) is 14.9. The van der Waals surface area contributed by atoms with E-state index in [9.17, 15) is 13.6 Å². The van der Waals surface area contributed by atoms with Gasteiger partial charge in [0.05, 0.1) is 18.4 Å². The summed E-state index contributed by atoms with van der Waals surface area (Å²) in [7, 11) is 0. The fourth-order valence-corrected chi connectivity index (χ4v) is 2.35. The Labute approximate surface area is 165 Å². The van der Waals surface area contributed by atoms with E-state index in [1.165, 1.54) is 23.0 Å². The topological polar surface area (TPSA) is 161 Å². The predicted octanol–water partition coefficient (Wildman–Crippen LogP) is 1.62. The van der Waals surface area contributed by atoms with Gasteiger partial charge in [-0.25, -0.2) is 14.5 Å². The number of carbonyl (C=O) groups excluding carboxylic acids is 1. The summed E-state index contributed by atoms with van der Waals surface area (Å²) in [6.07, 6.45) is -0.697. The fourth-order valence-electron chi connectivity index (χ4n) is 2.35. The van der Waals surface area contributed by atoms with Gasteiger partial charge in [0.2, 0.25) is 5.88 Å². The number of ether oxygens (including phenoxy) is 1. The molecule has 4 heterocycles. The molecule has 0 aliphatic heterocycles. The van der Waals surface area contributed by atoms with Crippen LogP contribution in [-0.4, -0.2) is 46.5 Å². The Kier molecular flexibility index (Phi) is 5.02. The van der Waals surface area contributed by atoms with Gasteiger partial charge in [0.25, 0.3) is 11.8 Å². The summed E-state index contributed by atoms with van der Waals surface area (Å²) in [4.78, 5) is 14.7. The Morgan fingerprint density at radius 2 is 1.97 bits per heavy atom. The van der Waals surface area contributed by atoms with E-state index >= 15 is 0 Å². The van der Waals surface area contributed by atoms with Crippen LogP contribution in [0, 0.1) is 0 Å². The van der Waals surface area contributed by atoms with Gasteiger partial charge in [-0.2, -0.15) is 13.9 Å². The van der Waals surface area contributed by atoms with Gasteiger partial charge >= 0.3 is 12.5 Å². The highest BCUT2D eigenvalue weighted by Gasteiger charge is 2.18. The number of primary amides is 1. The maximum atomic E-state index is 12.5. The molecule has 0 bridgehead atoms. The van der Waals surface area contributed by atoms with E-state index in [1.807, 2.05) is 0 Å². The minimum atomic E-state index is -2.86. The number of halogens is 2. The van der Waals surface area contributed by atoms with Crippen LogP contribution < -0.4 is 10.5 Å². The second-order valence-corrected chi connectivity index (χ2v) is 5.76. The number of amides is 1. The maximum absolute atomic E-state index is 12.5. The van der Waals surface area contributed by atoms with E-state index in [4.69, 9.17) is 10.2 Å². The van der Waals surface area contributed by atoms with Crippen molar-refractivity contribution in [2.45, 2.75) is 13.0 Å². The monoisotopic (exact) mass is 415 g/mol. The van der Waals surface area contributed by atoms with Crippen molar-refractivity contribution in [2.75, 3.05) is 0 Å². The fraction of sp³-hybridized carbons (Fsp3) is 0.125. The van der Waals surface area contributed by atoms with E-state index in [-0.39, 0.29) is 24.0 Å². The van der Waals surface area contributed by atoms with E-state index in [1.54, 1.807) is 18.3 Å². The molecule has 4 aromatic rings. The molecule has 1 amide bonds. The Morgan fingerprint density at radius 1 is 1.10 bits per heavy atom. The van der Waals surface area contributed by atoms with Crippen molar-refractivity contribution in [1.82, 2.24) is 40.4 Å². The first-order valence-corrected chi connectivity index (χ1v) is 8.26. The minimum Gasteiger partial charge on any atom is -0.413 e. The van der Waals surface area contributed by atoms with E-state index in [0.717, 1.165) is 0 Å². The van der Waals surface area contributed by atoms with E-state index in [2.05, 4.69) is 40.4 Å². The van der Waals surface area contributed by atoms with Crippen LogP contribution in [0.25, 0.3) is 22.8 Å². The van der Waals surface area contributed by atoms with Crippen LogP contribution >= 0.6 is 0 Å². The Morgan fingerprint density at radius 3 is 2.60 bits per heavy atom. The first-order valence-electron chi connectivity index (χ1n) is 8.26. The van der Waals surface area contributed by atoms with Crippen LogP contribution in [0.15, 0.2) is 41.1 Å². The van der Waals surface area contributed by atoms with Crippen LogP contribution in [0.4, 0.5) is 13.6 Å². The number of carbonyl (C=O) groups is 1. The lowest BCUT2D eigenvalue weighted by molar-refractivity contribution is 0.116. The average Bonchev–Trinajstić information content (AvgIpc) is 3.39. The predicted molar refractivity (Wildman–Crippen MR) is 92.8 cm³/mol. The summed E-state index contributed by atoms with van der Waals surface area (Å²) in [6, 6.07) is 6.25. The highest BCUT2D eigenvalue weighted by atomic mass is 19.3. The number of nitrogens with two attached hydrogens (primary N) is 1. The molecule has 0 radical (unpaired) electrons. The molecule has 2 N–H and O–H groups in total. The number of hydrogen-bond donors (Lipinski definition) is 1. The van der Waals surface area contributed by atoms with Crippen molar-refractivity contribution < 1.29 is 22.7 Å². The number of hydrogen-bond acceptors (Lipinski definition) is 10. The van der Waals surface area contributed by atoms with Crippen molar-refractivity contribution >= 4 is 6.09 Å². The molecular formula is C16H11F2N9O3. The van der Waals surface area contributed by atoms with Crippen LogP contribution in [0.1, 0.15) is 18.0 Å². The Balaban J connectivity index is 1.43. The molecule has 152 valence electrons. The summed E-state index contributed by atoms with van der Waals surface area (Å²) < 4.78 is 36.1. The van der Waals surface area contributed by atoms with Crippen molar-refractivity contribution in [3.8, 4) is 28.7 Å². The molecule has 0 atom stereocenters. The third-order valence-electron chi connectivity index (χ3n) is 3.67. The zero-order chi connectivity index (χ0) is 21.1. The second-order valence-electron chi connectivity index (χ2n) is 5.76. The lowest BCUT2D eigenvalue weighted by Gasteiger charge is -2.00. The standard InChI is InChI=1S/C16H11F2N9O3/c17-13(18)15-25-24-14(30-15)10-3-2-9(21-22-10)6-27-7-11(23-26-27)8-1-4-12(20-5-8)29-16(19)28/h1-5,7,13H,6H2,(H2,19,28). The lowest BCUT2D eigenvalue weighted by atomic mass is 10.2. The Bertz CT molecular complexity index is 1160. The number of rotatable bonds is 6. The average molecular weight is 415 g/mol. The SMILES string of the molecule is NC(=O)Oc1ccc(-c2cn(Cc3ccc(-c4nnc(C(F)F)o4)nn3)nn2)cn1. The number of pyridine rings is 1. The third kappa shape index (κ3) is 4.21. The smallest absolute Gasteiger partial charge is 0.411 e. The van der Waals surface area contributed by atoms with Gasteiger partial charge in [-0.05, 0) is 18.2 Å². The van der Waals surface area contributed by atoms with Crippen LogP contribution in [0.2, 0.25) is 0 Å². The number of alkyl halides is 2. The number of nitrogens with zero attached hydrogens (tertiary/aromatic N) is 8. The lowest BCUT2D eigenvalue weighted by Crippen LogP contribution is -2.16. The minimum absolute atomic E-state index is 0.0657. The number of aromatic nitrogens is 8. The normalized spacial score (nSPS) is 11.0. The summed E-state index contributed by atoms with van der Waals surface area (Å²) in [6.45, 7) is 0.253. The molecule has 12 nitrogen and oxygen atoms in total. The van der Waals surface area contributed by atoms with Gasteiger partial charge in [0, 0.05) is 17.8 Å². The van der Waals surface area contributed by atoms with Crippen molar-refractivity contribution in [1.29, 1.82) is 0 Å². The summed E-state index contributed by atoms with van der Waals surface area (Å²) in [5, 5.41) is 22.7. The van der Waals surface area contributed by atoms with Gasteiger partial charge in [0.15, 0.2) is 0 Å². The molecule has 0 fully saturated rings. The maximum Gasteiger partial charge on any atom is 0.411 e. The van der Waals surface area contributed by atoms with Crippen molar-refractivity contribution in [3.63, 3.8) is 0 Å². The molecule has 30 heavy (non-hydrogen) atoms. The van der Waals surface area contributed by atoms with E-state index < -0.39 is 18.4 Å². The first-order chi connectivity index (χ1) is 14.5. The molecule has 0 saturated heterocycles. The van der Waals surface area contributed by atoms with Gasteiger partial charge in [-0.15, -0.1) is 20.4 Å². The van der Waals surface area contributed by atoms with Gasteiger partial charge < -0.3 is 14.9 Å². The van der Waals surface area contributed by atoms with Crippen LogP contribution in [0.3, 0.4) is 0 Å². The van der Waals surface area contributed by atoms with E-state index in [0.29, 0.717) is 17.0 Å². The largest absolute Gasteiger partial charge is 0.413 e. The Hall–Kier alpha value is -4.36. The summed E-state index contributed by atoms with van der Waals surface area (Å²) in [5.74, 6) is -0.866. The van der Waals surface area contributed by atoms with Crippen LogP contribution in [-0.2, 0) is 6.54 Å². The van der Waals surface area contributed by atoms with Crippen molar-refractivity contribution in [3.05, 3.63) is 48.2 Å². The van der Waals surface area contributed by atoms with Gasteiger partial charge in [0.1, 0.15) is 11.4 Å². The molecule has 0 spiro atoms. The highest BCUT2D eigenvalue weighted by molar-refractivity contribution is 5.67. The molecule has 4 aromatic heterocycles. The third-order valence-corrected chi connectivity index (χ3v) is 3.67. The molecule has 0 aromatic carbocycles. The van der Waals surface area contributed by atoms with Crippen LogP contribution in [0.5, 0.6) is 5.88 Å². The summed E-state index contributed by atoms with van der Waals surface area (Å²) >= 11 is 0.